The first kappa shape index (κ1) is 12.3. The van der Waals surface area contributed by atoms with Crippen LogP contribution >= 0.6 is 0 Å². The lowest BCUT2D eigenvalue weighted by atomic mass is 10.00. The predicted molar refractivity (Wildman–Crippen MR) is 68.6 cm³/mol. The fourth-order valence-corrected chi connectivity index (χ4v) is 1.77. The Kier molecular flexibility index (Phi) is 3.44. The number of aliphatic hydroxyl groups excluding tert-OH is 1. The molecule has 0 aliphatic heterocycles. The molecule has 92 valence electrons. The topological polar surface area (TPSA) is 57.5 Å². The van der Waals surface area contributed by atoms with Crippen molar-refractivity contribution in [1.82, 2.24) is 0 Å². The summed E-state index contributed by atoms with van der Waals surface area (Å²) in [6.07, 6.45) is 0. The van der Waals surface area contributed by atoms with Gasteiger partial charge in [-0.3, -0.25) is 4.79 Å². The third-order valence-electron chi connectivity index (χ3n) is 2.83. The lowest BCUT2D eigenvalue weighted by molar-refractivity contribution is 0.103. The number of benzene rings is 2. The number of aryl methyl sites for hydroxylation is 1. The zero-order valence-corrected chi connectivity index (χ0v) is 10.1. The molecule has 2 N–H and O–H groups in total. The second-order valence-corrected chi connectivity index (χ2v) is 4.19. The molecule has 2 aromatic rings. The lowest BCUT2D eigenvalue weighted by Crippen LogP contribution is -2.02. The molecule has 0 saturated heterocycles. The first-order chi connectivity index (χ1) is 8.61. The maximum atomic E-state index is 12.2. The van der Waals surface area contributed by atoms with E-state index in [1.807, 2.05) is 0 Å². The number of carbonyl (C=O) groups excluding carboxylic acids is 1. The molecule has 0 aliphatic rings. The van der Waals surface area contributed by atoms with Gasteiger partial charge < -0.3 is 10.2 Å². The highest BCUT2D eigenvalue weighted by Gasteiger charge is 2.10. The van der Waals surface area contributed by atoms with Gasteiger partial charge in [0.1, 0.15) is 5.75 Å². The van der Waals surface area contributed by atoms with Crippen molar-refractivity contribution in [2.45, 2.75) is 13.5 Å². The van der Waals surface area contributed by atoms with Crippen LogP contribution in [0.2, 0.25) is 0 Å². The van der Waals surface area contributed by atoms with Gasteiger partial charge in [-0.15, -0.1) is 0 Å². The Hall–Kier alpha value is -2.13. The number of rotatable bonds is 3. The zero-order valence-electron chi connectivity index (χ0n) is 10.1. The minimum Gasteiger partial charge on any atom is -0.508 e. The van der Waals surface area contributed by atoms with Gasteiger partial charge in [0, 0.05) is 11.1 Å². The molecule has 0 spiro atoms. The number of hydrogen-bond acceptors (Lipinski definition) is 3. The van der Waals surface area contributed by atoms with E-state index >= 15 is 0 Å². The highest BCUT2D eigenvalue weighted by molar-refractivity contribution is 6.09. The Labute approximate surface area is 105 Å². The average Bonchev–Trinajstić information content (AvgIpc) is 2.41. The minimum absolute atomic E-state index is 0.0876. The zero-order chi connectivity index (χ0) is 13.1. The summed E-state index contributed by atoms with van der Waals surface area (Å²) >= 11 is 0. The summed E-state index contributed by atoms with van der Waals surface area (Å²) in [4.78, 5) is 12.2. The van der Waals surface area contributed by atoms with Gasteiger partial charge in [0.2, 0.25) is 0 Å². The molecule has 3 nitrogen and oxygen atoms in total. The Bertz CT molecular complexity index is 588. The Morgan fingerprint density at radius 1 is 1.11 bits per heavy atom. The van der Waals surface area contributed by atoms with E-state index in [1.54, 1.807) is 43.3 Å². The molecule has 0 saturated carbocycles. The quantitative estimate of drug-likeness (QED) is 0.813. The molecule has 0 radical (unpaired) electrons. The number of aromatic hydroxyl groups is 1. The van der Waals surface area contributed by atoms with Gasteiger partial charge in [0.05, 0.1) is 6.61 Å². The van der Waals surface area contributed by atoms with Crippen LogP contribution in [0.1, 0.15) is 27.0 Å². The number of phenols is 1. The molecule has 2 aromatic carbocycles. The molecule has 0 bridgehead atoms. The van der Waals surface area contributed by atoms with Gasteiger partial charge in [-0.2, -0.15) is 0 Å². The molecule has 3 heteroatoms. The molecule has 0 unspecified atom stereocenters. The van der Waals surface area contributed by atoms with E-state index in [-0.39, 0.29) is 18.1 Å². The fourth-order valence-electron chi connectivity index (χ4n) is 1.77. The molecule has 0 heterocycles. The summed E-state index contributed by atoms with van der Waals surface area (Å²) in [7, 11) is 0. The van der Waals surface area contributed by atoms with Crippen LogP contribution in [0, 0.1) is 6.92 Å². The Balaban J connectivity index is 2.38. The van der Waals surface area contributed by atoms with Gasteiger partial charge in [-0.25, -0.2) is 0 Å². The summed E-state index contributed by atoms with van der Waals surface area (Å²) in [5.74, 6) is 0.0593. The van der Waals surface area contributed by atoms with Gasteiger partial charge in [-0.1, -0.05) is 18.2 Å². The molecule has 18 heavy (non-hydrogen) atoms. The van der Waals surface area contributed by atoms with E-state index in [1.165, 1.54) is 6.07 Å². The first-order valence-electron chi connectivity index (χ1n) is 5.66. The van der Waals surface area contributed by atoms with Gasteiger partial charge >= 0.3 is 0 Å². The highest BCUT2D eigenvalue weighted by atomic mass is 16.3. The minimum atomic E-state index is -0.117. The van der Waals surface area contributed by atoms with Crippen LogP contribution in [0.5, 0.6) is 5.75 Å². The van der Waals surface area contributed by atoms with Crippen LogP contribution in [0.3, 0.4) is 0 Å². The van der Waals surface area contributed by atoms with E-state index in [0.29, 0.717) is 22.3 Å². The van der Waals surface area contributed by atoms with Crippen molar-refractivity contribution in [3.8, 4) is 5.75 Å². The van der Waals surface area contributed by atoms with Crippen LogP contribution in [-0.2, 0) is 6.61 Å². The summed E-state index contributed by atoms with van der Waals surface area (Å²) < 4.78 is 0. The molecular formula is C15H14O3. The predicted octanol–water partition coefficient (Wildman–Crippen LogP) is 2.42. The van der Waals surface area contributed by atoms with E-state index in [4.69, 9.17) is 5.11 Å². The maximum Gasteiger partial charge on any atom is 0.193 e. The number of ketones is 1. The van der Waals surface area contributed by atoms with Crippen LogP contribution < -0.4 is 0 Å². The second kappa shape index (κ2) is 5.02. The van der Waals surface area contributed by atoms with Crippen LogP contribution in [0.4, 0.5) is 0 Å². The standard InChI is InChI=1S/C15H14O3/c1-10-7-13(5-6-14(10)17)15(18)12-4-2-3-11(8-12)9-16/h2-8,16-17H,9H2,1H3. The van der Waals surface area contributed by atoms with E-state index in [0.717, 1.165) is 0 Å². The smallest absolute Gasteiger partial charge is 0.193 e. The third kappa shape index (κ3) is 2.41. The fraction of sp³-hybridized carbons (Fsp3) is 0.133. The summed E-state index contributed by atoms with van der Waals surface area (Å²) in [5.41, 5.74) is 2.43. The van der Waals surface area contributed by atoms with Crippen molar-refractivity contribution < 1.29 is 15.0 Å². The SMILES string of the molecule is Cc1cc(C(=O)c2cccc(CO)c2)ccc1O. The van der Waals surface area contributed by atoms with Gasteiger partial charge in [0.15, 0.2) is 5.78 Å². The van der Waals surface area contributed by atoms with Crippen molar-refractivity contribution in [1.29, 1.82) is 0 Å². The summed E-state index contributed by atoms with van der Waals surface area (Å²) in [6.45, 7) is 1.66. The lowest BCUT2D eigenvalue weighted by Gasteiger charge is -2.05. The summed E-state index contributed by atoms with van der Waals surface area (Å²) in [5, 5.41) is 18.5. The van der Waals surface area contributed by atoms with Crippen LogP contribution in [-0.4, -0.2) is 16.0 Å². The molecule has 0 amide bonds. The van der Waals surface area contributed by atoms with Crippen molar-refractivity contribution >= 4 is 5.78 Å². The monoisotopic (exact) mass is 242 g/mol. The van der Waals surface area contributed by atoms with Gasteiger partial charge in [0.25, 0.3) is 0 Å². The van der Waals surface area contributed by atoms with E-state index in [9.17, 15) is 9.90 Å². The third-order valence-corrected chi connectivity index (χ3v) is 2.83. The number of hydrogen-bond donors (Lipinski definition) is 2. The second-order valence-electron chi connectivity index (χ2n) is 4.19. The largest absolute Gasteiger partial charge is 0.508 e. The average molecular weight is 242 g/mol. The van der Waals surface area contributed by atoms with E-state index in [2.05, 4.69) is 0 Å². The number of carbonyl (C=O) groups is 1. The van der Waals surface area contributed by atoms with Crippen molar-refractivity contribution in [3.05, 3.63) is 64.7 Å². The molecule has 0 aliphatic carbocycles. The number of phenolic OH excluding ortho intramolecular Hbond substituents is 1. The molecular weight excluding hydrogens is 228 g/mol. The van der Waals surface area contributed by atoms with Crippen LogP contribution in [0.15, 0.2) is 42.5 Å². The van der Waals surface area contributed by atoms with Crippen molar-refractivity contribution in [2.75, 3.05) is 0 Å². The Morgan fingerprint density at radius 2 is 1.83 bits per heavy atom. The van der Waals surface area contributed by atoms with Crippen LogP contribution in [0.25, 0.3) is 0 Å². The van der Waals surface area contributed by atoms with Gasteiger partial charge in [-0.05, 0) is 42.3 Å². The van der Waals surface area contributed by atoms with E-state index < -0.39 is 0 Å². The first-order valence-corrected chi connectivity index (χ1v) is 5.66. The molecule has 0 fully saturated rings. The van der Waals surface area contributed by atoms with Crippen molar-refractivity contribution in [2.24, 2.45) is 0 Å². The van der Waals surface area contributed by atoms with Crippen molar-refractivity contribution in [3.63, 3.8) is 0 Å². The highest BCUT2D eigenvalue weighted by Crippen LogP contribution is 2.19. The summed E-state index contributed by atoms with van der Waals surface area (Å²) in [6, 6.07) is 11.6. The molecule has 0 atom stereocenters. The maximum absolute atomic E-state index is 12.2. The molecule has 0 aromatic heterocycles. The molecule has 2 rings (SSSR count). The Morgan fingerprint density at radius 3 is 2.50 bits per heavy atom. The normalized spacial score (nSPS) is 10.3. The number of aliphatic hydroxyl groups is 1.